The van der Waals surface area contributed by atoms with Crippen LogP contribution in [0.1, 0.15) is 25.7 Å². The lowest BCUT2D eigenvalue weighted by molar-refractivity contribution is 0.0285. The van der Waals surface area contributed by atoms with Gasteiger partial charge in [-0.3, -0.25) is 4.99 Å². The minimum atomic E-state index is 0.207. The van der Waals surface area contributed by atoms with Gasteiger partial charge in [-0.1, -0.05) is 0 Å². The summed E-state index contributed by atoms with van der Waals surface area (Å²) in [4.78, 5) is 6.48. The number of guanidine groups is 1. The second-order valence-corrected chi connectivity index (χ2v) is 4.39. The number of hydrogen-bond donors (Lipinski definition) is 1. The molecule has 2 aliphatic rings. The minimum Gasteiger partial charge on any atom is -0.381 e. The van der Waals surface area contributed by atoms with E-state index in [-0.39, 0.29) is 5.54 Å². The van der Waals surface area contributed by atoms with Crippen LogP contribution in [0.5, 0.6) is 0 Å². The molecule has 1 aliphatic carbocycles. The van der Waals surface area contributed by atoms with Crippen LogP contribution in [0.3, 0.4) is 0 Å². The number of methoxy groups -OCH3 is 1. The lowest BCUT2D eigenvalue weighted by Crippen LogP contribution is -2.51. The maximum Gasteiger partial charge on any atom is 0.191 e. The molecule has 0 atom stereocenters. The summed E-state index contributed by atoms with van der Waals surface area (Å²) < 4.78 is 5.37. The summed E-state index contributed by atoms with van der Waals surface area (Å²) in [5.74, 6) is 0.695. The maximum absolute atomic E-state index is 5.80. The number of aliphatic imine (C=N–C) groups is 1. The molecular weight excluding hydrogens is 178 g/mol. The van der Waals surface area contributed by atoms with Crippen LogP contribution >= 0.6 is 0 Å². The van der Waals surface area contributed by atoms with Crippen molar-refractivity contribution in [2.75, 3.05) is 20.7 Å². The normalized spacial score (nSPS) is 37.7. The first-order valence-electron chi connectivity index (χ1n) is 5.24. The number of nitrogens with zero attached hydrogens (tertiary/aromatic N) is 2. The quantitative estimate of drug-likeness (QED) is 0.668. The van der Waals surface area contributed by atoms with Gasteiger partial charge in [0.25, 0.3) is 0 Å². The molecule has 0 saturated heterocycles. The third kappa shape index (κ3) is 1.38. The lowest BCUT2D eigenvalue weighted by atomic mass is 9.80. The molecule has 2 rings (SSSR count). The molecule has 14 heavy (non-hydrogen) atoms. The van der Waals surface area contributed by atoms with Crippen LogP contribution in [0.4, 0.5) is 0 Å². The fraction of sp³-hybridized carbons (Fsp3) is 0.900. The molecule has 0 aromatic rings. The monoisotopic (exact) mass is 197 g/mol. The highest BCUT2D eigenvalue weighted by Gasteiger charge is 2.42. The van der Waals surface area contributed by atoms with E-state index in [4.69, 9.17) is 10.5 Å². The summed E-state index contributed by atoms with van der Waals surface area (Å²) in [7, 11) is 3.85. The highest BCUT2D eigenvalue weighted by Crippen LogP contribution is 2.36. The molecule has 0 aromatic heterocycles. The minimum absolute atomic E-state index is 0.207. The molecule has 0 bridgehead atoms. The van der Waals surface area contributed by atoms with Crippen molar-refractivity contribution in [2.24, 2.45) is 10.7 Å². The second-order valence-electron chi connectivity index (χ2n) is 4.39. The van der Waals surface area contributed by atoms with E-state index in [2.05, 4.69) is 16.9 Å². The highest BCUT2D eigenvalue weighted by atomic mass is 16.5. The molecular formula is C10H19N3O. The van der Waals surface area contributed by atoms with Crippen LogP contribution in [0, 0.1) is 0 Å². The molecule has 0 aromatic carbocycles. The Kier molecular flexibility index (Phi) is 2.39. The van der Waals surface area contributed by atoms with Gasteiger partial charge in [0.15, 0.2) is 5.96 Å². The average molecular weight is 197 g/mol. The summed E-state index contributed by atoms with van der Waals surface area (Å²) in [6.07, 6.45) is 4.99. The molecule has 1 spiro atoms. The number of ether oxygens (including phenoxy) is 1. The first kappa shape index (κ1) is 9.77. The Morgan fingerprint density at radius 2 is 2.14 bits per heavy atom. The molecule has 2 N–H and O–H groups in total. The van der Waals surface area contributed by atoms with Crippen molar-refractivity contribution in [3.8, 4) is 0 Å². The van der Waals surface area contributed by atoms with E-state index in [9.17, 15) is 0 Å². The second kappa shape index (κ2) is 3.42. The van der Waals surface area contributed by atoms with Crippen LogP contribution in [0.15, 0.2) is 4.99 Å². The Morgan fingerprint density at radius 3 is 2.57 bits per heavy atom. The van der Waals surface area contributed by atoms with Gasteiger partial charge in [0.2, 0.25) is 0 Å². The van der Waals surface area contributed by atoms with Crippen molar-refractivity contribution >= 4 is 5.96 Å². The van der Waals surface area contributed by atoms with Crippen LogP contribution < -0.4 is 5.73 Å². The maximum atomic E-state index is 5.80. The van der Waals surface area contributed by atoms with Crippen molar-refractivity contribution in [3.63, 3.8) is 0 Å². The predicted octanol–water partition coefficient (Wildman–Crippen LogP) is 0.574. The third-order valence-corrected chi connectivity index (χ3v) is 3.79. The Hall–Kier alpha value is -0.770. The van der Waals surface area contributed by atoms with Gasteiger partial charge >= 0.3 is 0 Å². The van der Waals surface area contributed by atoms with Crippen LogP contribution in [0.25, 0.3) is 0 Å². The van der Waals surface area contributed by atoms with E-state index in [1.165, 1.54) is 0 Å². The third-order valence-electron chi connectivity index (χ3n) is 3.79. The molecule has 1 saturated carbocycles. The summed E-state index contributed by atoms with van der Waals surface area (Å²) >= 11 is 0. The topological polar surface area (TPSA) is 50.9 Å². The molecule has 1 aliphatic heterocycles. The van der Waals surface area contributed by atoms with Gasteiger partial charge in [-0.15, -0.1) is 0 Å². The van der Waals surface area contributed by atoms with E-state index < -0.39 is 0 Å². The summed E-state index contributed by atoms with van der Waals surface area (Å²) in [6.45, 7) is 0.867. The SMILES string of the molecule is COC1CCC2(CC1)CN=C(N)N2C. The molecule has 4 nitrogen and oxygen atoms in total. The van der Waals surface area contributed by atoms with Gasteiger partial charge < -0.3 is 15.4 Å². The van der Waals surface area contributed by atoms with Crippen LogP contribution in [-0.2, 0) is 4.74 Å². The van der Waals surface area contributed by atoms with E-state index >= 15 is 0 Å². The molecule has 1 heterocycles. The van der Waals surface area contributed by atoms with Gasteiger partial charge in [0.1, 0.15) is 0 Å². The number of likely N-dealkylation sites (N-methyl/N-ethyl adjacent to an activating group) is 1. The summed E-state index contributed by atoms with van der Waals surface area (Å²) in [5.41, 5.74) is 6.00. The van der Waals surface area contributed by atoms with Gasteiger partial charge in [-0.25, -0.2) is 0 Å². The standard InChI is InChI=1S/C10H19N3O/c1-13-9(11)12-7-10(13)5-3-8(14-2)4-6-10/h8H,3-7H2,1-2H3,(H2,11,12). The Morgan fingerprint density at radius 1 is 1.50 bits per heavy atom. The molecule has 0 unspecified atom stereocenters. The van der Waals surface area contributed by atoms with Crippen LogP contribution in [-0.4, -0.2) is 43.2 Å². The average Bonchev–Trinajstić information content (AvgIpc) is 2.49. The molecule has 4 heteroatoms. The van der Waals surface area contributed by atoms with E-state index in [1.54, 1.807) is 7.11 Å². The summed E-state index contributed by atoms with van der Waals surface area (Å²) in [6, 6.07) is 0. The first-order chi connectivity index (χ1) is 6.68. The number of rotatable bonds is 1. The van der Waals surface area contributed by atoms with Crippen molar-refractivity contribution in [1.29, 1.82) is 0 Å². The predicted molar refractivity (Wildman–Crippen MR) is 56.2 cm³/mol. The van der Waals surface area contributed by atoms with E-state index in [0.29, 0.717) is 12.1 Å². The van der Waals surface area contributed by atoms with Gasteiger partial charge in [0.05, 0.1) is 18.2 Å². The highest BCUT2D eigenvalue weighted by molar-refractivity contribution is 5.80. The van der Waals surface area contributed by atoms with Gasteiger partial charge in [-0.05, 0) is 25.7 Å². The van der Waals surface area contributed by atoms with Crippen molar-refractivity contribution in [2.45, 2.75) is 37.3 Å². The van der Waals surface area contributed by atoms with Gasteiger partial charge in [0, 0.05) is 14.2 Å². The summed E-state index contributed by atoms with van der Waals surface area (Å²) in [5, 5.41) is 0. The smallest absolute Gasteiger partial charge is 0.191 e. The zero-order chi connectivity index (χ0) is 10.2. The van der Waals surface area contributed by atoms with Crippen molar-refractivity contribution < 1.29 is 4.74 Å². The largest absolute Gasteiger partial charge is 0.381 e. The molecule has 0 amide bonds. The fourth-order valence-corrected chi connectivity index (χ4v) is 2.54. The molecule has 0 radical (unpaired) electrons. The lowest BCUT2D eigenvalue weighted by Gasteiger charge is -2.41. The molecule has 80 valence electrons. The zero-order valence-electron chi connectivity index (χ0n) is 8.99. The van der Waals surface area contributed by atoms with Gasteiger partial charge in [-0.2, -0.15) is 0 Å². The van der Waals surface area contributed by atoms with E-state index in [1.807, 2.05) is 0 Å². The molecule has 1 fully saturated rings. The number of hydrogen-bond acceptors (Lipinski definition) is 4. The Bertz CT molecular complexity index is 244. The Labute approximate surface area is 85.1 Å². The van der Waals surface area contributed by atoms with Crippen LogP contribution in [0.2, 0.25) is 0 Å². The van der Waals surface area contributed by atoms with E-state index in [0.717, 1.165) is 32.2 Å². The van der Waals surface area contributed by atoms with Crippen molar-refractivity contribution in [3.05, 3.63) is 0 Å². The number of nitrogens with two attached hydrogens (primary N) is 1. The Balaban J connectivity index is 2.01. The van der Waals surface area contributed by atoms with Crippen molar-refractivity contribution in [1.82, 2.24) is 4.90 Å². The zero-order valence-corrected chi connectivity index (χ0v) is 8.99. The first-order valence-corrected chi connectivity index (χ1v) is 5.24. The fourth-order valence-electron chi connectivity index (χ4n) is 2.54.